The molecule has 1 aliphatic rings. The van der Waals surface area contributed by atoms with Gasteiger partial charge >= 0.3 is 24.4 Å². The van der Waals surface area contributed by atoms with Crippen molar-refractivity contribution in [3.8, 4) is 11.5 Å². The summed E-state index contributed by atoms with van der Waals surface area (Å²) >= 11 is 0. The minimum atomic E-state index is -4.77. The first-order valence-electron chi connectivity index (χ1n) is 13.4. The van der Waals surface area contributed by atoms with Gasteiger partial charge in [0.2, 0.25) is 0 Å². The average Bonchev–Trinajstić information content (AvgIpc) is 3.18. The van der Waals surface area contributed by atoms with Crippen LogP contribution in [0.15, 0.2) is 66.7 Å². The highest BCUT2D eigenvalue weighted by molar-refractivity contribution is 5.98. The first-order chi connectivity index (χ1) is 21.0. The van der Waals surface area contributed by atoms with Crippen molar-refractivity contribution in [1.82, 2.24) is 9.96 Å². The molecule has 0 unspecified atom stereocenters. The molecule has 0 aliphatic carbocycles. The number of nitrogens with zero attached hydrogens (tertiary/aromatic N) is 3. The Labute approximate surface area is 254 Å². The number of carbonyl (C=O) groups is 2. The molecule has 0 aromatic heterocycles. The van der Waals surface area contributed by atoms with Crippen LogP contribution in [0.5, 0.6) is 11.5 Å². The monoisotopic (exact) mass is 640 g/mol. The van der Waals surface area contributed by atoms with E-state index in [1.165, 1.54) is 39.0 Å². The molecule has 2 N–H and O–H groups in total. The number of hydrogen-bond acceptors (Lipinski definition) is 5. The summed E-state index contributed by atoms with van der Waals surface area (Å²) in [4.78, 5) is 29.2. The van der Waals surface area contributed by atoms with E-state index in [0.717, 1.165) is 35.2 Å². The van der Waals surface area contributed by atoms with Crippen molar-refractivity contribution in [3.05, 3.63) is 83.4 Å². The van der Waals surface area contributed by atoms with Gasteiger partial charge in [-0.25, -0.2) is 9.59 Å². The molecule has 1 fully saturated rings. The largest absolute Gasteiger partial charge is 0.493 e. The van der Waals surface area contributed by atoms with Crippen LogP contribution < -0.4 is 19.7 Å². The third-order valence-electron chi connectivity index (χ3n) is 7.41. The zero-order chi connectivity index (χ0) is 33.3. The number of halogens is 6. The Bertz CT molecular complexity index is 1560. The maximum Gasteiger partial charge on any atom is 0.416 e. The van der Waals surface area contributed by atoms with Crippen molar-refractivity contribution >= 4 is 23.4 Å². The number of nitrogens with one attached hydrogen (secondary N) is 1. The van der Waals surface area contributed by atoms with Gasteiger partial charge < -0.3 is 19.7 Å². The Morgan fingerprint density at radius 2 is 1.51 bits per heavy atom. The molecule has 242 valence electrons. The van der Waals surface area contributed by atoms with Gasteiger partial charge in [0.25, 0.3) is 0 Å². The van der Waals surface area contributed by atoms with Crippen LogP contribution in [0.25, 0.3) is 0 Å². The Hall–Kier alpha value is -4.66. The molecule has 1 saturated heterocycles. The van der Waals surface area contributed by atoms with Crippen molar-refractivity contribution in [3.63, 3.8) is 0 Å². The number of hydroxylamine groups is 2. The fourth-order valence-corrected chi connectivity index (χ4v) is 5.15. The molecular formula is C30H30F6N4O5. The van der Waals surface area contributed by atoms with Crippen molar-refractivity contribution in [2.45, 2.75) is 44.3 Å². The minimum Gasteiger partial charge on any atom is -0.493 e. The Morgan fingerprint density at radius 3 is 2.11 bits per heavy atom. The van der Waals surface area contributed by atoms with Crippen molar-refractivity contribution in [2.24, 2.45) is 0 Å². The van der Waals surface area contributed by atoms with Gasteiger partial charge in [-0.2, -0.15) is 31.4 Å². The first kappa shape index (κ1) is 33.2. The first-order valence-corrected chi connectivity index (χ1v) is 13.4. The van der Waals surface area contributed by atoms with E-state index in [1.807, 2.05) is 0 Å². The molecule has 0 spiro atoms. The van der Waals surface area contributed by atoms with E-state index in [4.69, 9.17) is 9.47 Å². The van der Waals surface area contributed by atoms with Crippen LogP contribution in [0, 0.1) is 0 Å². The number of carbonyl (C=O) groups excluding carboxylic acids is 2. The molecule has 0 bridgehead atoms. The Morgan fingerprint density at radius 1 is 0.911 bits per heavy atom. The predicted octanol–water partition coefficient (Wildman–Crippen LogP) is 7.25. The summed E-state index contributed by atoms with van der Waals surface area (Å²) in [6.45, 7) is 2.99. The molecule has 1 atom stereocenters. The molecule has 0 radical (unpaired) electrons. The molecule has 4 amide bonds. The molecule has 0 saturated carbocycles. The maximum absolute atomic E-state index is 13.9. The zero-order valence-electron chi connectivity index (χ0n) is 24.5. The second-order valence-electron chi connectivity index (χ2n) is 10.7. The molecule has 45 heavy (non-hydrogen) atoms. The summed E-state index contributed by atoms with van der Waals surface area (Å²) in [5.74, 6) is 0.899. The molecular weight excluding hydrogens is 610 g/mol. The number of ether oxygens (including phenoxy) is 2. The summed E-state index contributed by atoms with van der Waals surface area (Å²) in [6, 6.07) is 10.4. The van der Waals surface area contributed by atoms with E-state index in [-0.39, 0.29) is 29.4 Å². The van der Waals surface area contributed by atoms with Gasteiger partial charge in [0.15, 0.2) is 17.7 Å². The number of rotatable bonds is 8. The lowest BCUT2D eigenvalue weighted by atomic mass is 9.99. The normalized spacial score (nSPS) is 16.5. The highest BCUT2D eigenvalue weighted by Crippen LogP contribution is 2.40. The van der Waals surface area contributed by atoms with Gasteiger partial charge in [-0.15, -0.1) is 0 Å². The number of amides is 4. The highest BCUT2D eigenvalue weighted by atomic mass is 19.4. The van der Waals surface area contributed by atoms with Crippen LogP contribution in [0.1, 0.15) is 30.5 Å². The summed E-state index contributed by atoms with van der Waals surface area (Å²) < 4.78 is 91.0. The maximum atomic E-state index is 13.9. The van der Waals surface area contributed by atoms with Gasteiger partial charge in [-0.3, -0.25) is 10.1 Å². The number of alkyl halides is 6. The fraction of sp³-hybridized carbons (Fsp3) is 0.333. The van der Waals surface area contributed by atoms with Crippen LogP contribution >= 0.6 is 0 Å². The molecule has 3 aromatic carbocycles. The Balaban J connectivity index is 1.70. The molecule has 4 rings (SSSR count). The smallest absolute Gasteiger partial charge is 0.416 e. The molecule has 1 aliphatic heterocycles. The van der Waals surface area contributed by atoms with Crippen LogP contribution in [-0.4, -0.2) is 59.7 Å². The lowest BCUT2D eigenvalue weighted by molar-refractivity contribution is -0.138. The van der Waals surface area contributed by atoms with Crippen LogP contribution in [0.4, 0.5) is 47.3 Å². The quantitative estimate of drug-likeness (QED) is 0.154. The number of benzene rings is 3. The van der Waals surface area contributed by atoms with Crippen molar-refractivity contribution < 1.29 is 50.6 Å². The lowest BCUT2D eigenvalue weighted by Crippen LogP contribution is -2.58. The minimum absolute atomic E-state index is 0.00361. The van der Waals surface area contributed by atoms with Crippen molar-refractivity contribution in [2.75, 3.05) is 31.0 Å². The number of methoxy groups -OCH3 is 2. The van der Waals surface area contributed by atoms with Gasteiger partial charge in [0.1, 0.15) is 0 Å². The summed E-state index contributed by atoms with van der Waals surface area (Å²) in [7, 11) is 2.92. The summed E-state index contributed by atoms with van der Waals surface area (Å²) in [5.41, 5.74) is -3.45. The second-order valence-corrected chi connectivity index (χ2v) is 10.7. The topological polar surface area (TPSA) is 94.6 Å². The molecule has 9 nitrogen and oxygen atoms in total. The van der Waals surface area contributed by atoms with Gasteiger partial charge in [0.05, 0.1) is 30.9 Å². The van der Waals surface area contributed by atoms with E-state index in [1.54, 1.807) is 18.2 Å². The van der Waals surface area contributed by atoms with Gasteiger partial charge in [0, 0.05) is 17.9 Å². The standard InChI is InChI=1S/C30H30F6N4O5/c1-28(2)25(40(43)26(41)37-21-9-5-7-19(16-21)29(31,32)33)39(22-10-6-8-20(17-22)30(34,35)36)27(42)38(28)14-13-18-11-12-23(44-3)24(15-18)45-4/h5-12,15-17,25,43H,13-14H2,1-4H3,(H,37,41)/t25-/m1/s1. The average molecular weight is 641 g/mol. The molecule has 3 aromatic rings. The van der Waals surface area contributed by atoms with Gasteiger partial charge in [-0.1, -0.05) is 18.2 Å². The third-order valence-corrected chi connectivity index (χ3v) is 7.41. The van der Waals surface area contributed by atoms with E-state index in [0.29, 0.717) is 29.2 Å². The van der Waals surface area contributed by atoms with E-state index < -0.39 is 47.2 Å². The van der Waals surface area contributed by atoms with Crippen molar-refractivity contribution in [1.29, 1.82) is 0 Å². The Kier molecular flexibility index (Phi) is 9.15. The van der Waals surface area contributed by atoms with E-state index in [9.17, 15) is 41.1 Å². The van der Waals surface area contributed by atoms with Gasteiger partial charge in [-0.05, 0) is 74.4 Å². The predicted molar refractivity (Wildman–Crippen MR) is 151 cm³/mol. The SMILES string of the molecule is COc1ccc(CCN2C(=O)N(c3cccc(C(F)(F)F)c3)[C@H](N(O)C(=O)Nc3cccc(C(F)(F)F)c3)C2(C)C)cc1OC. The fourth-order valence-electron chi connectivity index (χ4n) is 5.15. The summed E-state index contributed by atoms with van der Waals surface area (Å²) in [5, 5.41) is 13.4. The second kappa shape index (κ2) is 12.4. The third kappa shape index (κ3) is 6.87. The van der Waals surface area contributed by atoms with E-state index in [2.05, 4.69) is 5.32 Å². The summed E-state index contributed by atoms with van der Waals surface area (Å²) in [6.07, 6.45) is -10.9. The zero-order valence-corrected chi connectivity index (χ0v) is 24.5. The number of urea groups is 2. The molecule has 15 heteroatoms. The molecule has 1 heterocycles. The van der Waals surface area contributed by atoms with Crippen LogP contribution in [-0.2, 0) is 18.8 Å². The highest BCUT2D eigenvalue weighted by Gasteiger charge is 2.56. The van der Waals surface area contributed by atoms with E-state index >= 15 is 0 Å². The number of anilines is 2. The van der Waals surface area contributed by atoms with Crippen LogP contribution in [0.3, 0.4) is 0 Å². The number of hydrogen-bond donors (Lipinski definition) is 2. The van der Waals surface area contributed by atoms with Crippen LogP contribution in [0.2, 0.25) is 0 Å². The lowest BCUT2D eigenvalue weighted by Gasteiger charge is -2.38.